The van der Waals surface area contributed by atoms with Gasteiger partial charge in [-0.1, -0.05) is 27.2 Å². The Bertz CT molecular complexity index is 1090. The molecule has 1 aliphatic rings. The van der Waals surface area contributed by atoms with Crippen molar-refractivity contribution in [2.75, 3.05) is 58.9 Å². The third kappa shape index (κ3) is 13.8. The van der Waals surface area contributed by atoms with Crippen LogP contribution in [0.15, 0.2) is 28.4 Å². The molecule has 13 nitrogen and oxygen atoms in total. The molecule has 1 aromatic carbocycles. The van der Waals surface area contributed by atoms with Gasteiger partial charge in [-0.15, -0.1) is 0 Å². The largest absolute Gasteiger partial charge is 0.480 e. The van der Waals surface area contributed by atoms with Crippen LogP contribution in [0, 0.1) is 11.7 Å². The number of aliphatic carboxylic acids is 2. The Kier molecular flexibility index (Phi) is 15.4. The molecule has 0 aromatic heterocycles. The molecular formula is C28H45FN8O5. The molecule has 1 aromatic rings. The number of hydrogen-bond donors (Lipinski definition) is 5. The second-order valence-electron chi connectivity index (χ2n) is 10.5. The van der Waals surface area contributed by atoms with Crippen molar-refractivity contribution >= 4 is 30.0 Å². The van der Waals surface area contributed by atoms with Crippen LogP contribution in [0.3, 0.4) is 0 Å². The Labute approximate surface area is 246 Å². The average molecular weight is 593 g/mol. The van der Waals surface area contributed by atoms with E-state index < -0.39 is 17.8 Å². The Hall–Kier alpha value is -3.62. The van der Waals surface area contributed by atoms with E-state index in [4.69, 9.17) is 0 Å². The quantitative estimate of drug-likeness (QED) is 0.140. The second-order valence-corrected chi connectivity index (χ2v) is 10.5. The van der Waals surface area contributed by atoms with Gasteiger partial charge in [-0.3, -0.25) is 39.9 Å². The first-order valence-corrected chi connectivity index (χ1v) is 14.4. The van der Waals surface area contributed by atoms with Crippen molar-refractivity contribution in [2.45, 2.75) is 46.6 Å². The highest BCUT2D eigenvalue weighted by atomic mass is 19.1. The Morgan fingerprint density at radius 1 is 0.929 bits per heavy atom. The van der Waals surface area contributed by atoms with Gasteiger partial charge >= 0.3 is 11.9 Å². The predicted molar refractivity (Wildman–Crippen MR) is 159 cm³/mol. The lowest BCUT2D eigenvalue weighted by molar-refractivity contribution is -0.139. The van der Waals surface area contributed by atoms with Crippen LogP contribution in [0.4, 0.5) is 4.39 Å². The predicted octanol–water partition coefficient (Wildman–Crippen LogP) is 1.16. The number of benzene rings is 1. The van der Waals surface area contributed by atoms with Gasteiger partial charge in [0.1, 0.15) is 12.2 Å². The van der Waals surface area contributed by atoms with E-state index in [1.54, 1.807) is 6.07 Å². The monoisotopic (exact) mass is 592 g/mol. The van der Waals surface area contributed by atoms with Crippen LogP contribution in [0.1, 0.15) is 51.2 Å². The van der Waals surface area contributed by atoms with Gasteiger partial charge in [-0.25, -0.2) is 4.39 Å². The maximum Gasteiger partial charge on any atom is 0.317 e. The number of amidine groups is 1. The molecule has 1 amide bonds. The van der Waals surface area contributed by atoms with Crippen molar-refractivity contribution in [3.63, 3.8) is 0 Å². The number of rotatable bonds is 21. The van der Waals surface area contributed by atoms with E-state index in [0.717, 1.165) is 19.3 Å². The molecule has 14 heteroatoms. The summed E-state index contributed by atoms with van der Waals surface area (Å²) in [4.78, 5) is 41.4. The molecule has 234 valence electrons. The molecule has 0 saturated carbocycles. The summed E-state index contributed by atoms with van der Waals surface area (Å²) in [5.74, 6) is -1.79. The van der Waals surface area contributed by atoms with Gasteiger partial charge in [0.2, 0.25) is 5.91 Å². The molecule has 5 N–H and O–H groups in total. The van der Waals surface area contributed by atoms with Crippen molar-refractivity contribution in [1.29, 1.82) is 0 Å². The minimum atomic E-state index is -0.920. The van der Waals surface area contributed by atoms with Crippen LogP contribution >= 0.6 is 0 Å². The van der Waals surface area contributed by atoms with Crippen molar-refractivity contribution < 1.29 is 29.0 Å². The van der Waals surface area contributed by atoms with Gasteiger partial charge < -0.3 is 15.5 Å². The molecule has 1 unspecified atom stereocenters. The van der Waals surface area contributed by atoms with E-state index in [1.165, 1.54) is 18.5 Å². The number of nitrogens with one attached hydrogen (secondary N) is 3. The van der Waals surface area contributed by atoms with Crippen molar-refractivity contribution in [3.05, 3.63) is 35.1 Å². The minimum absolute atomic E-state index is 0.0222. The molecule has 0 spiro atoms. The lowest BCUT2D eigenvalue weighted by Crippen LogP contribution is -2.46. The molecule has 0 aliphatic carbocycles. The number of hydrogen-bond acceptors (Lipinski definition) is 10. The van der Waals surface area contributed by atoms with Crippen molar-refractivity contribution in [3.8, 4) is 0 Å². The zero-order valence-corrected chi connectivity index (χ0v) is 24.8. The first-order chi connectivity index (χ1) is 20.1. The van der Waals surface area contributed by atoms with Gasteiger partial charge in [-0.2, -0.15) is 10.2 Å². The first-order valence-electron chi connectivity index (χ1n) is 14.4. The SMILES string of the molecule is CCCN(CCN(CCN(CCC(C)CC)CC(=O)O)CC(=O)NCc1cc(F)cc(C2=NNC=NN2)c1)CC(=O)O. The summed E-state index contributed by atoms with van der Waals surface area (Å²) in [5, 5.41) is 29.4. The summed E-state index contributed by atoms with van der Waals surface area (Å²) in [6.07, 6.45) is 4.01. The number of carbonyl (C=O) groups excluding carboxylic acids is 1. The zero-order valence-electron chi connectivity index (χ0n) is 24.8. The van der Waals surface area contributed by atoms with E-state index in [9.17, 15) is 29.0 Å². The summed E-state index contributed by atoms with van der Waals surface area (Å²) < 4.78 is 14.3. The minimum Gasteiger partial charge on any atom is -0.480 e. The highest BCUT2D eigenvalue weighted by Crippen LogP contribution is 2.11. The van der Waals surface area contributed by atoms with E-state index in [1.807, 2.05) is 21.6 Å². The number of halogens is 1. The molecule has 42 heavy (non-hydrogen) atoms. The maximum absolute atomic E-state index is 14.3. The van der Waals surface area contributed by atoms with Crippen molar-refractivity contribution in [2.24, 2.45) is 16.1 Å². The van der Waals surface area contributed by atoms with Gasteiger partial charge in [0, 0.05) is 38.3 Å². The molecule has 2 rings (SSSR count). The van der Waals surface area contributed by atoms with Crippen LogP contribution in [0.5, 0.6) is 0 Å². The lowest BCUT2D eigenvalue weighted by Gasteiger charge is -2.29. The fourth-order valence-electron chi connectivity index (χ4n) is 4.40. The highest BCUT2D eigenvalue weighted by Gasteiger charge is 2.18. The average Bonchev–Trinajstić information content (AvgIpc) is 2.95. The summed E-state index contributed by atoms with van der Waals surface area (Å²) in [5.41, 5.74) is 6.29. The maximum atomic E-state index is 14.3. The Morgan fingerprint density at radius 2 is 1.55 bits per heavy atom. The van der Waals surface area contributed by atoms with Gasteiger partial charge in [-0.05, 0) is 55.6 Å². The Morgan fingerprint density at radius 3 is 2.10 bits per heavy atom. The molecule has 1 heterocycles. The lowest BCUT2D eigenvalue weighted by atomic mass is 10.1. The Balaban J connectivity index is 2.06. The fourth-order valence-corrected chi connectivity index (χ4v) is 4.40. The van der Waals surface area contributed by atoms with E-state index >= 15 is 0 Å². The van der Waals surface area contributed by atoms with Crippen molar-refractivity contribution in [1.82, 2.24) is 30.9 Å². The molecule has 1 aliphatic heterocycles. The normalized spacial score (nSPS) is 13.5. The van der Waals surface area contributed by atoms with Crippen LogP contribution < -0.4 is 16.2 Å². The topological polar surface area (TPSA) is 162 Å². The third-order valence-corrected chi connectivity index (χ3v) is 6.91. The van der Waals surface area contributed by atoms with E-state index in [0.29, 0.717) is 62.1 Å². The smallest absolute Gasteiger partial charge is 0.317 e. The highest BCUT2D eigenvalue weighted by molar-refractivity contribution is 6.00. The molecule has 0 fully saturated rings. The van der Waals surface area contributed by atoms with Gasteiger partial charge in [0.05, 0.1) is 19.6 Å². The summed E-state index contributed by atoms with van der Waals surface area (Å²) in [7, 11) is 0. The fraction of sp³-hybridized carbons (Fsp3) is 0.607. The van der Waals surface area contributed by atoms with Crippen LogP contribution in [0.25, 0.3) is 0 Å². The number of carbonyl (C=O) groups is 3. The summed E-state index contributed by atoms with van der Waals surface area (Å²) in [6, 6.07) is 4.34. The zero-order chi connectivity index (χ0) is 30.9. The number of nitrogens with zero attached hydrogens (tertiary/aromatic N) is 5. The molecule has 1 atom stereocenters. The van der Waals surface area contributed by atoms with E-state index in [2.05, 4.69) is 40.2 Å². The molecular weight excluding hydrogens is 547 g/mol. The molecule has 0 bridgehead atoms. The summed E-state index contributed by atoms with van der Waals surface area (Å²) in [6.45, 7) is 9.09. The van der Waals surface area contributed by atoms with Crippen LogP contribution in [-0.4, -0.2) is 114 Å². The van der Waals surface area contributed by atoms with Crippen LogP contribution in [0.2, 0.25) is 0 Å². The van der Waals surface area contributed by atoms with Gasteiger partial charge in [0.25, 0.3) is 0 Å². The van der Waals surface area contributed by atoms with Gasteiger partial charge in [0.15, 0.2) is 5.84 Å². The van der Waals surface area contributed by atoms with Crippen LogP contribution in [-0.2, 0) is 20.9 Å². The van der Waals surface area contributed by atoms with E-state index in [-0.39, 0.29) is 32.1 Å². The number of carboxylic acid groups (broad SMARTS) is 2. The molecule has 0 radical (unpaired) electrons. The second kappa shape index (κ2) is 18.7. The first kappa shape index (κ1) is 34.6. The standard InChI is InChI=1S/C28H45FN8O5/c1-4-7-35(18-26(39)40)9-11-37(12-10-36(19-27(41)42)8-6-21(3)5-2)17-25(38)30-16-22-13-23(15-24(29)14-22)28-33-31-20-32-34-28/h13-15,20-21H,4-12,16-19H2,1-3H3,(H,30,38)(H,31,32)(H,33,34)(H,39,40)(H,41,42). The number of amides is 1. The molecule has 0 saturated heterocycles. The third-order valence-electron chi connectivity index (χ3n) is 6.91. The number of hydrazone groups is 2. The number of carboxylic acids is 2. The summed E-state index contributed by atoms with van der Waals surface area (Å²) >= 11 is 0.